The van der Waals surface area contributed by atoms with E-state index in [0.717, 1.165) is 25.8 Å². The van der Waals surface area contributed by atoms with Crippen LogP contribution < -0.4 is 10.6 Å². The Labute approximate surface area is 117 Å². The van der Waals surface area contributed by atoms with Crippen LogP contribution in [0, 0.1) is 5.82 Å². The van der Waals surface area contributed by atoms with Gasteiger partial charge in [-0.3, -0.25) is 0 Å². The first-order valence-corrected chi connectivity index (χ1v) is 6.82. The summed E-state index contributed by atoms with van der Waals surface area (Å²) in [7, 11) is 0. The number of oxime groups is 1. The smallest absolute Gasteiger partial charge is 0.170 e. The van der Waals surface area contributed by atoms with Gasteiger partial charge in [-0.2, -0.15) is 0 Å². The Kier molecular flexibility index (Phi) is 4.79. The van der Waals surface area contributed by atoms with Crippen LogP contribution in [0.25, 0.3) is 0 Å². The van der Waals surface area contributed by atoms with Gasteiger partial charge in [-0.05, 0) is 43.9 Å². The van der Waals surface area contributed by atoms with Crippen molar-refractivity contribution in [2.24, 2.45) is 10.9 Å². The van der Waals surface area contributed by atoms with Crippen molar-refractivity contribution in [1.82, 2.24) is 0 Å². The maximum absolute atomic E-state index is 14.2. The van der Waals surface area contributed by atoms with Gasteiger partial charge in [0.05, 0.1) is 5.69 Å². The molecule has 0 radical (unpaired) electrons. The summed E-state index contributed by atoms with van der Waals surface area (Å²) in [6, 6.07) is 4.73. The van der Waals surface area contributed by atoms with Crippen LogP contribution in [0.2, 0.25) is 0 Å². The van der Waals surface area contributed by atoms with Gasteiger partial charge in [0.2, 0.25) is 0 Å². The first kappa shape index (κ1) is 14.6. The predicted molar refractivity (Wildman–Crippen MR) is 75.6 cm³/mol. The Bertz CT molecular complexity index is 491. The number of nitrogens with two attached hydrogens (primary N) is 1. The lowest BCUT2D eigenvalue weighted by atomic mass is 9.98. The topological polar surface area (TPSA) is 82.1 Å². The third kappa shape index (κ3) is 3.01. The second-order valence-electron chi connectivity index (χ2n) is 5.01. The fourth-order valence-corrected chi connectivity index (χ4v) is 2.72. The van der Waals surface area contributed by atoms with Crippen LogP contribution in [-0.2, 0) is 0 Å². The van der Waals surface area contributed by atoms with Crippen LogP contribution in [0.3, 0.4) is 0 Å². The number of aliphatic hydroxyl groups excluding tert-OH is 1. The maximum atomic E-state index is 14.2. The minimum Gasteiger partial charge on any atom is -0.409 e. The summed E-state index contributed by atoms with van der Waals surface area (Å²) >= 11 is 0. The van der Waals surface area contributed by atoms with Gasteiger partial charge in [0.1, 0.15) is 5.82 Å². The molecule has 0 amide bonds. The molecule has 20 heavy (non-hydrogen) atoms. The molecule has 4 N–H and O–H groups in total. The molecular formula is C14H20FN3O2. The summed E-state index contributed by atoms with van der Waals surface area (Å²) in [5.41, 5.74) is 6.32. The number of anilines is 1. The first-order valence-electron chi connectivity index (χ1n) is 6.82. The monoisotopic (exact) mass is 281 g/mol. The third-order valence-corrected chi connectivity index (χ3v) is 3.75. The van der Waals surface area contributed by atoms with Crippen molar-refractivity contribution in [3.8, 4) is 0 Å². The number of hydrogen-bond donors (Lipinski definition) is 3. The fraction of sp³-hybridized carbons (Fsp3) is 0.500. The van der Waals surface area contributed by atoms with Gasteiger partial charge in [0, 0.05) is 24.8 Å². The Hall–Kier alpha value is -1.82. The molecule has 1 aromatic rings. The number of piperidine rings is 1. The molecule has 0 aromatic heterocycles. The van der Waals surface area contributed by atoms with Gasteiger partial charge in [-0.15, -0.1) is 0 Å². The van der Waals surface area contributed by atoms with Crippen molar-refractivity contribution in [3.05, 3.63) is 29.6 Å². The second-order valence-corrected chi connectivity index (χ2v) is 5.01. The molecule has 6 heteroatoms. The molecule has 0 aliphatic carbocycles. The number of hydrogen-bond acceptors (Lipinski definition) is 4. The number of halogens is 1. The van der Waals surface area contributed by atoms with E-state index in [-0.39, 0.29) is 24.3 Å². The van der Waals surface area contributed by atoms with E-state index < -0.39 is 0 Å². The van der Waals surface area contributed by atoms with Crippen molar-refractivity contribution < 1.29 is 14.7 Å². The lowest BCUT2D eigenvalue weighted by Crippen LogP contribution is -2.40. The van der Waals surface area contributed by atoms with Crippen LogP contribution in [0.1, 0.15) is 31.2 Å². The zero-order valence-electron chi connectivity index (χ0n) is 11.3. The van der Waals surface area contributed by atoms with E-state index in [4.69, 9.17) is 16.0 Å². The Morgan fingerprint density at radius 1 is 1.45 bits per heavy atom. The number of benzene rings is 1. The van der Waals surface area contributed by atoms with E-state index in [1.807, 2.05) is 4.90 Å². The normalized spacial score (nSPS) is 20.2. The van der Waals surface area contributed by atoms with Crippen LogP contribution in [0.15, 0.2) is 23.4 Å². The van der Waals surface area contributed by atoms with Gasteiger partial charge in [-0.25, -0.2) is 4.39 Å². The highest BCUT2D eigenvalue weighted by Gasteiger charge is 2.24. The fourth-order valence-electron chi connectivity index (χ4n) is 2.72. The molecule has 0 saturated carbocycles. The van der Waals surface area contributed by atoms with Gasteiger partial charge in [0.25, 0.3) is 0 Å². The van der Waals surface area contributed by atoms with E-state index in [1.165, 1.54) is 6.07 Å². The van der Waals surface area contributed by atoms with E-state index in [9.17, 15) is 4.39 Å². The van der Waals surface area contributed by atoms with Gasteiger partial charge < -0.3 is 20.9 Å². The maximum Gasteiger partial charge on any atom is 0.170 e. The largest absolute Gasteiger partial charge is 0.409 e. The molecule has 0 spiro atoms. The summed E-state index contributed by atoms with van der Waals surface area (Å²) in [6.07, 6.45) is 3.72. The molecule has 1 aliphatic heterocycles. The van der Waals surface area contributed by atoms with Crippen LogP contribution in [-0.4, -0.2) is 35.3 Å². The Morgan fingerprint density at radius 2 is 2.25 bits per heavy atom. The predicted octanol–water partition coefficient (Wildman–Crippen LogP) is 1.66. The van der Waals surface area contributed by atoms with Crippen molar-refractivity contribution >= 4 is 11.5 Å². The van der Waals surface area contributed by atoms with Crippen molar-refractivity contribution in [1.29, 1.82) is 0 Å². The number of rotatable bonds is 4. The van der Waals surface area contributed by atoms with Gasteiger partial charge >= 0.3 is 0 Å². The molecule has 110 valence electrons. The minimum absolute atomic E-state index is 0.102. The number of aliphatic hydroxyl groups is 1. The summed E-state index contributed by atoms with van der Waals surface area (Å²) in [6.45, 7) is 0.884. The SMILES string of the molecule is N/C(=N\O)c1ccc(N2CCCCC2CCO)c(F)c1. The molecule has 1 unspecified atom stereocenters. The second kappa shape index (κ2) is 6.56. The summed E-state index contributed by atoms with van der Waals surface area (Å²) < 4.78 is 14.2. The average molecular weight is 281 g/mol. The van der Waals surface area contributed by atoms with Crippen molar-refractivity contribution in [2.75, 3.05) is 18.1 Å². The summed E-state index contributed by atoms with van der Waals surface area (Å²) in [4.78, 5) is 2.01. The van der Waals surface area contributed by atoms with E-state index in [0.29, 0.717) is 17.7 Å². The average Bonchev–Trinajstić information content (AvgIpc) is 2.47. The summed E-state index contributed by atoms with van der Waals surface area (Å²) in [5.74, 6) is -0.500. The number of amidine groups is 1. The highest BCUT2D eigenvalue weighted by Crippen LogP contribution is 2.29. The third-order valence-electron chi connectivity index (χ3n) is 3.75. The lowest BCUT2D eigenvalue weighted by molar-refractivity contribution is 0.262. The Balaban J connectivity index is 2.27. The minimum atomic E-state index is -0.390. The van der Waals surface area contributed by atoms with Crippen molar-refractivity contribution in [2.45, 2.75) is 31.7 Å². The van der Waals surface area contributed by atoms with Gasteiger partial charge in [-0.1, -0.05) is 5.16 Å². The Morgan fingerprint density at radius 3 is 2.90 bits per heavy atom. The molecule has 1 aliphatic rings. The molecule has 1 atom stereocenters. The van der Waals surface area contributed by atoms with Crippen LogP contribution >= 0.6 is 0 Å². The highest BCUT2D eigenvalue weighted by molar-refractivity contribution is 5.97. The molecule has 1 fully saturated rings. The van der Waals surface area contributed by atoms with Crippen LogP contribution in [0.4, 0.5) is 10.1 Å². The standard InChI is InChI=1S/C14H20FN3O2/c15-12-9-10(14(16)17-20)4-5-13(12)18-7-2-1-3-11(18)6-8-19/h4-5,9,11,19-20H,1-3,6-8H2,(H2,16,17). The molecule has 1 aromatic carbocycles. The quantitative estimate of drug-likeness (QED) is 0.339. The molecule has 1 saturated heterocycles. The molecular weight excluding hydrogens is 261 g/mol. The van der Waals surface area contributed by atoms with E-state index >= 15 is 0 Å². The zero-order chi connectivity index (χ0) is 14.5. The van der Waals surface area contributed by atoms with Crippen LogP contribution in [0.5, 0.6) is 0 Å². The summed E-state index contributed by atoms with van der Waals surface area (Å²) in [5, 5.41) is 20.6. The molecule has 0 bridgehead atoms. The highest BCUT2D eigenvalue weighted by atomic mass is 19.1. The van der Waals surface area contributed by atoms with E-state index in [1.54, 1.807) is 12.1 Å². The van der Waals surface area contributed by atoms with E-state index in [2.05, 4.69) is 5.16 Å². The van der Waals surface area contributed by atoms with Crippen molar-refractivity contribution in [3.63, 3.8) is 0 Å². The molecule has 2 rings (SSSR count). The lowest BCUT2D eigenvalue weighted by Gasteiger charge is -2.37. The molecule has 5 nitrogen and oxygen atoms in total. The molecule has 1 heterocycles. The van der Waals surface area contributed by atoms with Gasteiger partial charge in [0.15, 0.2) is 5.84 Å². The zero-order valence-corrected chi connectivity index (χ0v) is 11.3. The first-order chi connectivity index (χ1) is 9.67. The number of nitrogens with zero attached hydrogens (tertiary/aromatic N) is 2.